The molecular weight excluding hydrogens is 442 g/mol. The summed E-state index contributed by atoms with van der Waals surface area (Å²) in [6.07, 6.45) is 2.38. The summed E-state index contributed by atoms with van der Waals surface area (Å²) in [5, 5.41) is 5.15. The molecule has 0 aliphatic carbocycles. The third-order valence-electron chi connectivity index (χ3n) is 6.23. The number of likely N-dealkylation sites (tertiary alicyclic amines) is 1. The van der Waals surface area contributed by atoms with Crippen molar-refractivity contribution >= 4 is 15.9 Å². The topological polar surface area (TPSA) is 102 Å². The van der Waals surface area contributed by atoms with E-state index in [0.29, 0.717) is 31.2 Å². The van der Waals surface area contributed by atoms with Crippen LogP contribution in [0.1, 0.15) is 34.3 Å². The largest absolute Gasteiger partial charge is 0.491 e. The number of methoxy groups -OCH3 is 1. The van der Waals surface area contributed by atoms with Crippen molar-refractivity contribution in [3.8, 4) is 5.75 Å². The molecule has 0 saturated carbocycles. The number of amides is 1. The highest BCUT2D eigenvalue weighted by Gasteiger charge is 2.23. The van der Waals surface area contributed by atoms with Crippen LogP contribution in [0.15, 0.2) is 47.4 Å². The molecule has 178 valence electrons. The Balaban J connectivity index is 1.46. The highest BCUT2D eigenvalue weighted by Crippen LogP contribution is 2.27. The van der Waals surface area contributed by atoms with Gasteiger partial charge in [0.25, 0.3) is 5.91 Å². The van der Waals surface area contributed by atoms with Gasteiger partial charge in [0.15, 0.2) is 0 Å². The van der Waals surface area contributed by atoms with E-state index in [1.165, 1.54) is 42.7 Å². The van der Waals surface area contributed by atoms with Crippen molar-refractivity contribution in [2.45, 2.75) is 30.8 Å². The van der Waals surface area contributed by atoms with Gasteiger partial charge in [0.05, 0.1) is 18.0 Å². The van der Waals surface area contributed by atoms with Crippen LogP contribution < -0.4 is 9.88 Å². The summed E-state index contributed by atoms with van der Waals surface area (Å²) in [6.45, 7) is 5.04. The number of primary sulfonamides is 1. The molecule has 4 rings (SSSR count). The summed E-state index contributed by atoms with van der Waals surface area (Å²) in [4.78, 5) is 17.3. The van der Waals surface area contributed by atoms with E-state index in [2.05, 4.69) is 17.0 Å². The van der Waals surface area contributed by atoms with Gasteiger partial charge in [0, 0.05) is 37.9 Å². The molecule has 2 aromatic rings. The number of fused-ring (bicyclic) bond motifs is 1. The number of rotatable bonds is 6. The predicted molar refractivity (Wildman–Crippen MR) is 124 cm³/mol. The molecule has 2 aromatic carbocycles. The monoisotopic (exact) mass is 473 g/mol. The first-order chi connectivity index (χ1) is 15.8. The smallest absolute Gasteiger partial charge is 0.254 e. The molecule has 1 fully saturated rings. The lowest BCUT2D eigenvalue weighted by molar-refractivity contribution is 0.0733. The highest BCUT2D eigenvalue weighted by atomic mass is 32.2. The average molecular weight is 474 g/mol. The molecule has 1 amide bonds. The van der Waals surface area contributed by atoms with Gasteiger partial charge < -0.3 is 14.4 Å². The second kappa shape index (κ2) is 10.2. The van der Waals surface area contributed by atoms with Gasteiger partial charge in [-0.05, 0) is 67.3 Å². The van der Waals surface area contributed by atoms with Crippen LogP contribution in [-0.2, 0) is 27.8 Å². The molecule has 2 heterocycles. The minimum absolute atomic E-state index is 0.0151. The van der Waals surface area contributed by atoms with E-state index < -0.39 is 10.0 Å². The van der Waals surface area contributed by atoms with Crippen LogP contribution in [-0.4, -0.2) is 64.1 Å². The molecule has 9 heteroatoms. The Morgan fingerprint density at radius 3 is 2.70 bits per heavy atom. The summed E-state index contributed by atoms with van der Waals surface area (Å²) in [5.41, 5.74) is 2.59. The number of carbonyl (C=O) groups excluding carboxylic acids is 1. The lowest BCUT2D eigenvalue weighted by atomic mass is 9.98. The third kappa shape index (κ3) is 5.92. The molecule has 0 radical (unpaired) electrons. The van der Waals surface area contributed by atoms with Crippen molar-refractivity contribution in [2.24, 2.45) is 11.1 Å². The first-order valence-corrected chi connectivity index (χ1v) is 12.8. The van der Waals surface area contributed by atoms with Crippen LogP contribution in [0.4, 0.5) is 0 Å². The van der Waals surface area contributed by atoms with Crippen molar-refractivity contribution in [3.63, 3.8) is 0 Å². The van der Waals surface area contributed by atoms with Gasteiger partial charge in [-0.25, -0.2) is 13.6 Å². The molecule has 0 aromatic heterocycles. The van der Waals surface area contributed by atoms with Gasteiger partial charge in [0.2, 0.25) is 10.0 Å². The molecule has 1 saturated heterocycles. The molecule has 1 unspecified atom stereocenters. The number of piperidine rings is 1. The second-order valence-corrected chi connectivity index (χ2v) is 10.3. The van der Waals surface area contributed by atoms with Gasteiger partial charge in [-0.15, -0.1) is 0 Å². The van der Waals surface area contributed by atoms with Gasteiger partial charge in [-0.2, -0.15) is 0 Å². The zero-order valence-electron chi connectivity index (χ0n) is 18.9. The number of sulfonamides is 1. The molecule has 1 atom stereocenters. The van der Waals surface area contributed by atoms with E-state index in [-0.39, 0.29) is 10.8 Å². The Bertz CT molecular complexity index is 1090. The Kier molecular flexibility index (Phi) is 7.33. The van der Waals surface area contributed by atoms with Crippen LogP contribution in [0.25, 0.3) is 0 Å². The minimum Gasteiger partial charge on any atom is -0.491 e. The number of carbonyl (C=O) groups is 1. The maximum Gasteiger partial charge on any atom is 0.254 e. The van der Waals surface area contributed by atoms with E-state index in [9.17, 15) is 13.2 Å². The summed E-state index contributed by atoms with van der Waals surface area (Å²) in [6, 6.07) is 11.9. The summed E-state index contributed by atoms with van der Waals surface area (Å²) >= 11 is 0. The van der Waals surface area contributed by atoms with E-state index in [0.717, 1.165) is 37.6 Å². The highest BCUT2D eigenvalue weighted by molar-refractivity contribution is 7.89. The molecule has 8 nitrogen and oxygen atoms in total. The number of hydrogen-bond donors (Lipinski definition) is 1. The molecular formula is C24H31N3O5S. The SMILES string of the molecule is COCC1CCCN(Cc2ccc3c(c2)CN(C(=O)c2ccc(S(N)(=O)=O)cc2)CCO3)C1. The molecule has 0 spiro atoms. The summed E-state index contributed by atoms with van der Waals surface area (Å²) in [7, 11) is -2.04. The Morgan fingerprint density at radius 2 is 1.97 bits per heavy atom. The Morgan fingerprint density at radius 1 is 1.18 bits per heavy atom. The van der Waals surface area contributed by atoms with E-state index in [1.807, 2.05) is 6.07 Å². The standard InChI is InChI=1S/C24H31N3O5S/c1-31-17-19-3-2-10-26(15-19)14-18-4-9-23-21(13-18)16-27(11-12-32-23)24(28)20-5-7-22(8-6-20)33(25,29)30/h4-9,13,19H,2-3,10-12,14-17H2,1H3,(H2,25,29,30). The van der Waals surface area contributed by atoms with Gasteiger partial charge in [-0.1, -0.05) is 6.07 Å². The Labute approximate surface area is 195 Å². The normalized spacial score (nSPS) is 19.5. The lowest BCUT2D eigenvalue weighted by Gasteiger charge is -2.32. The maximum absolute atomic E-state index is 13.1. The summed E-state index contributed by atoms with van der Waals surface area (Å²) < 4.78 is 34.2. The fourth-order valence-electron chi connectivity index (χ4n) is 4.61. The molecule has 2 aliphatic rings. The van der Waals surface area contributed by atoms with E-state index in [4.69, 9.17) is 14.6 Å². The molecule has 2 N–H and O–H groups in total. The average Bonchev–Trinajstić information content (AvgIpc) is 3.01. The fraction of sp³-hybridized carbons (Fsp3) is 0.458. The zero-order valence-corrected chi connectivity index (χ0v) is 19.7. The van der Waals surface area contributed by atoms with Gasteiger partial charge in [0.1, 0.15) is 12.4 Å². The van der Waals surface area contributed by atoms with Crippen molar-refractivity contribution < 1.29 is 22.7 Å². The molecule has 33 heavy (non-hydrogen) atoms. The van der Waals surface area contributed by atoms with Crippen LogP contribution in [0.2, 0.25) is 0 Å². The quantitative estimate of drug-likeness (QED) is 0.690. The fourth-order valence-corrected chi connectivity index (χ4v) is 5.13. The number of nitrogens with two attached hydrogens (primary N) is 1. The van der Waals surface area contributed by atoms with Gasteiger partial charge in [-0.3, -0.25) is 9.69 Å². The zero-order chi connectivity index (χ0) is 23.4. The van der Waals surface area contributed by atoms with E-state index >= 15 is 0 Å². The number of nitrogens with zero attached hydrogens (tertiary/aromatic N) is 2. The van der Waals surface area contributed by atoms with Crippen LogP contribution in [0.5, 0.6) is 5.75 Å². The first kappa shape index (κ1) is 23.7. The predicted octanol–water partition coefficient (Wildman–Crippen LogP) is 2.23. The number of hydrogen-bond acceptors (Lipinski definition) is 6. The van der Waals surface area contributed by atoms with Gasteiger partial charge >= 0.3 is 0 Å². The van der Waals surface area contributed by atoms with Crippen LogP contribution in [0.3, 0.4) is 0 Å². The van der Waals surface area contributed by atoms with Crippen molar-refractivity contribution in [1.29, 1.82) is 0 Å². The van der Waals surface area contributed by atoms with Crippen molar-refractivity contribution in [1.82, 2.24) is 9.80 Å². The van der Waals surface area contributed by atoms with Crippen molar-refractivity contribution in [2.75, 3.05) is 40.0 Å². The molecule has 0 bridgehead atoms. The number of ether oxygens (including phenoxy) is 2. The molecule has 2 aliphatic heterocycles. The number of benzene rings is 2. The van der Waals surface area contributed by atoms with Crippen molar-refractivity contribution in [3.05, 3.63) is 59.2 Å². The second-order valence-electron chi connectivity index (χ2n) is 8.79. The third-order valence-corrected chi connectivity index (χ3v) is 7.16. The van der Waals surface area contributed by atoms with E-state index in [1.54, 1.807) is 12.0 Å². The maximum atomic E-state index is 13.1. The minimum atomic E-state index is -3.80. The van der Waals surface area contributed by atoms with Crippen LogP contribution >= 0.6 is 0 Å². The summed E-state index contributed by atoms with van der Waals surface area (Å²) in [5.74, 6) is 1.20. The Hall–Kier alpha value is -2.46. The first-order valence-electron chi connectivity index (χ1n) is 11.2. The lowest BCUT2D eigenvalue weighted by Crippen LogP contribution is -2.36. The van der Waals surface area contributed by atoms with Crippen LogP contribution in [0, 0.1) is 5.92 Å².